The molecule has 3 aromatic rings. The minimum Gasteiger partial charge on any atom is -0.292 e. The van der Waals surface area contributed by atoms with Gasteiger partial charge in [-0.1, -0.05) is 30.3 Å². The molecule has 6 nitrogen and oxygen atoms in total. The largest absolute Gasteiger partial charge is 0.292 e. The number of hydrogen-bond acceptors (Lipinski definition) is 5. The standard InChI is InChI=1S/C11H10N6/c12-15-11-13-7-6-9-14-10(16-17(9)11)8-4-2-1-3-5-8/h1-7H,12H2,(H,13,15). The first kappa shape index (κ1) is 9.73. The number of rotatable bonds is 2. The van der Waals surface area contributed by atoms with Crippen molar-refractivity contribution in [2.24, 2.45) is 5.84 Å². The predicted octanol–water partition coefficient (Wildman–Crippen LogP) is 1.08. The van der Waals surface area contributed by atoms with E-state index >= 15 is 0 Å². The fraction of sp³-hybridized carbons (Fsp3) is 0. The second kappa shape index (κ2) is 3.84. The quantitative estimate of drug-likeness (QED) is 0.504. The van der Waals surface area contributed by atoms with Gasteiger partial charge in [-0.2, -0.15) is 4.52 Å². The Kier molecular flexibility index (Phi) is 2.20. The number of benzene rings is 1. The summed E-state index contributed by atoms with van der Waals surface area (Å²) in [5.41, 5.74) is 4.14. The molecule has 0 fully saturated rings. The summed E-state index contributed by atoms with van der Waals surface area (Å²) in [6, 6.07) is 11.5. The highest BCUT2D eigenvalue weighted by molar-refractivity contribution is 5.58. The van der Waals surface area contributed by atoms with Crippen molar-refractivity contribution in [1.29, 1.82) is 0 Å². The Morgan fingerprint density at radius 3 is 2.71 bits per heavy atom. The maximum absolute atomic E-state index is 5.36. The van der Waals surface area contributed by atoms with E-state index in [-0.39, 0.29) is 0 Å². The molecule has 0 atom stereocenters. The number of nitrogens with two attached hydrogens (primary N) is 1. The molecular weight excluding hydrogens is 216 g/mol. The number of anilines is 1. The van der Waals surface area contributed by atoms with Crippen LogP contribution in [0.2, 0.25) is 0 Å². The van der Waals surface area contributed by atoms with Crippen LogP contribution in [0.1, 0.15) is 0 Å². The van der Waals surface area contributed by atoms with Gasteiger partial charge < -0.3 is 0 Å². The predicted molar refractivity (Wildman–Crippen MR) is 64.0 cm³/mol. The van der Waals surface area contributed by atoms with Crippen LogP contribution in [0.15, 0.2) is 42.6 Å². The third-order valence-electron chi connectivity index (χ3n) is 2.41. The second-order valence-corrected chi connectivity index (χ2v) is 3.48. The van der Waals surface area contributed by atoms with Crippen LogP contribution in [-0.2, 0) is 0 Å². The normalized spacial score (nSPS) is 10.6. The Labute approximate surface area is 97.1 Å². The van der Waals surface area contributed by atoms with Gasteiger partial charge in [0, 0.05) is 17.8 Å². The van der Waals surface area contributed by atoms with Gasteiger partial charge in [0.15, 0.2) is 11.5 Å². The average Bonchev–Trinajstić information content (AvgIpc) is 2.83. The molecule has 0 saturated heterocycles. The molecule has 3 rings (SSSR count). The second-order valence-electron chi connectivity index (χ2n) is 3.48. The third-order valence-corrected chi connectivity index (χ3v) is 2.41. The zero-order valence-corrected chi connectivity index (χ0v) is 8.91. The summed E-state index contributed by atoms with van der Waals surface area (Å²) in [7, 11) is 0. The number of hydrazine groups is 1. The van der Waals surface area contributed by atoms with Gasteiger partial charge in [0.25, 0.3) is 0 Å². The van der Waals surface area contributed by atoms with Gasteiger partial charge in [-0.15, -0.1) is 5.10 Å². The molecule has 2 aromatic heterocycles. The van der Waals surface area contributed by atoms with Crippen LogP contribution in [0.25, 0.3) is 17.0 Å². The Bertz CT molecular complexity index is 645. The van der Waals surface area contributed by atoms with Crippen molar-refractivity contribution < 1.29 is 0 Å². The van der Waals surface area contributed by atoms with Crippen molar-refractivity contribution in [3.8, 4) is 11.4 Å². The molecule has 0 aliphatic heterocycles. The summed E-state index contributed by atoms with van der Waals surface area (Å²) in [5.74, 6) is 6.47. The van der Waals surface area contributed by atoms with E-state index in [1.807, 2.05) is 30.3 Å². The summed E-state index contributed by atoms with van der Waals surface area (Å²) in [6.45, 7) is 0. The van der Waals surface area contributed by atoms with Crippen LogP contribution in [0.5, 0.6) is 0 Å². The van der Waals surface area contributed by atoms with Crippen molar-refractivity contribution in [3.63, 3.8) is 0 Å². The van der Waals surface area contributed by atoms with Gasteiger partial charge in [-0.25, -0.2) is 15.8 Å². The van der Waals surface area contributed by atoms with Gasteiger partial charge in [-0.05, 0) is 0 Å². The molecular formula is C11H10N6. The van der Waals surface area contributed by atoms with Crippen molar-refractivity contribution in [1.82, 2.24) is 19.6 Å². The zero-order valence-electron chi connectivity index (χ0n) is 8.91. The van der Waals surface area contributed by atoms with E-state index in [1.165, 1.54) is 0 Å². The first-order chi connectivity index (χ1) is 8.38. The van der Waals surface area contributed by atoms with Crippen LogP contribution < -0.4 is 11.3 Å². The molecule has 0 saturated carbocycles. The lowest BCUT2D eigenvalue weighted by Crippen LogP contribution is -2.13. The molecule has 3 N–H and O–H groups in total. The zero-order chi connectivity index (χ0) is 11.7. The molecule has 17 heavy (non-hydrogen) atoms. The number of nitrogens with zero attached hydrogens (tertiary/aromatic N) is 4. The van der Waals surface area contributed by atoms with Gasteiger partial charge in [0.2, 0.25) is 5.95 Å². The van der Waals surface area contributed by atoms with Gasteiger partial charge in [0.05, 0.1) is 0 Å². The minimum atomic E-state index is 0.456. The first-order valence-electron chi connectivity index (χ1n) is 5.12. The van der Waals surface area contributed by atoms with E-state index in [0.29, 0.717) is 17.4 Å². The summed E-state index contributed by atoms with van der Waals surface area (Å²) < 4.78 is 1.57. The highest BCUT2D eigenvalue weighted by atomic mass is 15.4. The summed E-state index contributed by atoms with van der Waals surface area (Å²) >= 11 is 0. The molecule has 1 aromatic carbocycles. The Hall–Kier alpha value is -2.47. The van der Waals surface area contributed by atoms with Gasteiger partial charge in [-0.3, -0.25) is 5.43 Å². The van der Waals surface area contributed by atoms with Gasteiger partial charge >= 0.3 is 0 Å². The molecule has 0 spiro atoms. The van der Waals surface area contributed by atoms with Crippen LogP contribution in [0.4, 0.5) is 5.95 Å². The van der Waals surface area contributed by atoms with E-state index in [4.69, 9.17) is 5.84 Å². The molecule has 0 aliphatic carbocycles. The number of aromatic nitrogens is 4. The number of fused-ring (bicyclic) bond motifs is 1. The molecule has 0 radical (unpaired) electrons. The van der Waals surface area contributed by atoms with E-state index < -0.39 is 0 Å². The number of nitrogens with one attached hydrogen (secondary N) is 1. The Morgan fingerprint density at radius 2 is 1.94 bits per heavy atom. The van der Waals surface area contributed by atoms with Crippen molar-refractivity contribution in [2.45, 2.75) is 0 Å². The summed E-state index contributed by atoms with van der Waals surface area (Å²) in [5, 5.41) is 4.35. The van der Waals surface area contributed by atoms with E-state index in [9.17, 15) is 0 Å². The summed E-state index contributed by atoms with van der Waals surface area (Å²) in [6.07, 6.45) is 1.63. The lowest BCUT2D eigenvalue weighted by molar-refractivity contribution is 0.922. The van der Waals surface area contributed by atoms with Crippen LogP contribution in [-0.4, -0.2) is 19.6 Å². The van der Waals surface area contributed by atoms with E-state index in [0.717, 1.165) is 5.56 Å². The van der Waals surface area contributed by atoms with Crippen molar-refractivity contribution >= 4 is 11.6 Å². The first-order valence-corrected chi connectivity index (χ1v) is 5.12. The van der Waals surface area contributed by atoms with Crippen molar-refractivity contribution in [3.05, 3.63) is 42.6 Å². The fourth-order valence-corrected chi connectivity index (χ4v) is 1.63. The molecule has 0 unspecified atom stereocenters. The maximum Gasteiger partial charge on any atom is 0.240 e. The topological polar surface area (TPSA) is 81.1 Å². The lowest BCUT2D eigenvalue weighted by atomic mass is 10.2. The number of nitrogen functional groups attached to an aromatic ring is 1. The molecule has 0 bridgehead atoms. The molecule has 0 amide bonds. The molecule has 6 heteroatoms. The summed E-state index contributed by atoms with van der Waals surface area (Å²) in [4.78, 5) is 8.46. The Morgan fingerprint density at radius 1 is 1.12 bits per heavy atom. The van der Waals surface area contributed by atoms with Crippen LogP contribution in [0, 0.1) is 0 Å². The molecule has 2 heterocycles. The monoisotopic (exact) mass is 226 g/mol. The van der Waals surface area contributed by atoms with Crippen molar-refractivity contribution in [2.75, 3.05) is 5.43 Å². The third kappa shape index (κ3) is 1.60. The fourth-order valence-electron chi connectivity index (χ4n) is 1.63. The maximum atomic E-state index is 5.36. The molecule has 0 aliphatic rings. The van der Waals surface area contributed by atoms with Crippen LogP contribution in [0.3, 0.4) is 0 Å². The lowest BCUT2D eigenvalue weighted by Gasteiger charge is -1.98. The highest BCUT2D eigenvalue weighted by Gasteiger charge is 2.08. The highest BCUT2D eigenvalue weighted by Crippen LogP contribution is 2.16. The average molecular weight is 226 g/mol. The number of hydrogen-bond donors (Lipinski definition) is 2. The van der Waals surface area contributed by atoms with E-state index in [1.54, 1.807) is 16.8 Å². The Balaban J connectivity index is 2.20. The van der Waals surface area contributed by atoms with E-state index in [2.05, 4.69) is 20.5 Å². The molecule has 84 valence electrons. The van der Waals surface area contributed by atoms with Crippen LogP contribution >= 0.6 is 0 Å². The minimum absolute atomic E-state index is 0.456. The smallest absolute Gasteiger partial charge is 0.240 e. The SMILES string of the molecule is NNc1nccc2nc(-c3ccccc3)nn12. The van der Waals surface area contributed by atoms with Gasteiger partial charge in [0.1, 0.15) is 0 Å².